The normalized spacial score (nSPS) is 23.7. The van der Waals surface area contributed by atoms with Gasteiger partial charge in [-0.1, -0.05) is 0 Å². The monoisotopic (exact) mass is 259 g/mol. The van der Waals surface area contributed by atoms with Crippen LogP contribution < -0.4 is 10.6 Å². The van der Waals surface area contributed by atoms with Crippen molar-refractivity contribution in [3.05, 3.63) is 0 Å². The fraction of sp³-hybridized carbons (Fsp3) is 0.917. The van der Waals surface area contributed by atoms with E-state index in [1.54, 1.807) is 6.92 Å². The van der Waals surface area contributed by atoms with Crippen molar-refractivity contribution >= 4 is 5.91 Å². The van der Waals surface area contributed by atoms with Gasteiger partial charge in [0.2, 0.25) is 5.91 Å². The molecule has 6 nitrogen and oxygen atoms in total. The van der Waals surface area contributed by atoms with Gasteiger partial charge in [0, 0.05) is 26.2 Å². The number of morpholine rings is 1. The summed E-state index contributed by atoms with van der Waals surface area (Å²) in [7, 11) is 3.77. The first kappa shape index (κ1) is 15.4. The minimum atomic E-state index is -0.912. The second-order valence-electron chi connectivity index (χ2n) is 5.41. The van der Waals surface area contributed by atoms with Crippen LogP contribution in [0.15, 0.2) is 0 Å². The van der Waals surface area contributed by atoms with Crippen LogP contribution in [0.5, 0.6) is 0 Å². The lowest BCUT2D eigenvalue weighted by atomic mass is 10.1. The minimum Gasteiger partial charge on any atom is -0.387 e. The zero-order chi connectivity index (χ0) is 13.6. The van der Waals surface area contributed by atoms with E-state index < -0.39 is 5.60 Å². The van der Waals surface area contributed by atoms with Gasteiger partial charge in [0.05, 0.1) is 24.7 Å². The fourth-order valence-electron chi connectivity index (χ4n) is 2.06. The van der Waals surface area contributed by atoms with E-state index in [0.717, 1.165) is 6.54 Å². The zero-order valence-corrected chi connectivity index (χ0v) is 11.5. The van der Waals surface area contributed by atoms with E-state index >= 15 is 0 Å². The van der Waals surface area contributed by atoms with Crippen LogP contribution in [0.1, 0.15) is 13.3 Å². The van der Waals surface area contributed by atoms with E-state index in [9.17, 15) is 9.90 Å². The third-order valence-corrected chi connectivity index (χ3v) is 2.74. The molecule has 6 heteroatoms. The van der Waals surface area contributed by atoms with Crippen LogP contribution in [0, 0.1) is 0 Å². The highest BCUT2D eigenvalue weighted by molar-refractivity contribution is 5.76. The average Bonchev–Trinajstić information content (AvgIpc) is 2.26. The van der Waals surface area contributed by atoms with Gasteiger partial charge in [-0.15, -0.1) is 0 Å². The van der Waals surface area contributed by atoms with E-state index in [1.807, 2.05) is 19.0 Å². The number of ether oxygens (including phenoxy) is 1. The Morgan fingerprint density at radius 2 is 2.33 bits per heavy atom. The predicted octanol–water partition coefficient (Wildman–Crippen LogP) is -1.21. The van der Waals surface area contributed by atoms with Crippen molar-refractivity contribution in [2.75, 3.05) is 46.9 Å². The number of nitrogens with zero attached hydrogens (tertiary/aromatic N) is 1. The summed E-state index contributed by atoms with van der Waals surface area (Å²) in [4.78, 5) is 13.6. The Bertz CT molecular complexity index is 263. The maximum atomic E-state index is 11.7. The van der Waals surface area contributed by atoms with E-state index in [-0.39, 0.29) is 18.6 Å². The number of carbonyl (C=O) groups excluding carboxylic acids is 1. The van der Waals surface area contributed by atoms with Crippen LogP contribution in [0.3, 0.4) is 0 Å². The molecule has 2 atom stereocenters. The quantitative estimate of drug-likeness (QED) is 0.558. The number of hydrogen-bond donors (Lipinski definition) is 3. The second kappa shape index (κ2) is 7.04. The van der Waals surface area contributed by atoms with Crippen LogP contribution in [0.2, 0.25) is 0 Å². The highest BCUT2D eigenvalue weighted by Crippen LogP contribution is 2.04. The van der Waals surface area contributed by atoms with E-state index in [0.29, 0.717) is 26.1 Å². The lowest BCUT2D eigenvalue weighted by Gasteiger charge is -2.28. The van der Waals surface area contributed by atoms with E-state index in [4.69, 9.17) is 4.74 Å². The molecule has 1 heterocycles. The molecular formula is C12H25N3O3. The molecule has 18 heavy (non-hydrogen) atoms. The Morgan fingerprint density at radius 3 is 2.89 bits per heavy atom. The Morgan fingerprint density at radius 1 is 1.61 bits per heavy atom. The summed E-state index contributed by atoms with van der Waals surface area (Å²) >= 11 is 0. The number of rotatable bonds is 6. The molecular weight excluding hydrogens is 234 g/mol. The van der Waals surface area contributed by atoms with Crippen LogP contribution in [-0.4, -0.2) is 74.5 Å². The summed E-state index contributed by atoms with van der Waals surface area (Å²) in [6, 6.07) is 0. The average molecular weight is 259 g/mol. The van der Waals surface area contributed by atoms with Gasteiger partial charge in [0.1, 0.15) is 0 Å². The smallest absolute Gasteiger partial charge is 0.222 e. The summed E-state index contributed by atoms with van der Waals surface area (Å²) in [5.74, 6) is -0.0808. The Balaban J connectivity index is 2.23. The first-order chi connectivity index (χ1) is 8.39. The summed E-state index contributed by atoms with van der Waals surface area (Å²) in [5, 5.41) is 16.0. The molecule has 0 aromatic rings. The molecule has 106 valence electrons. The van der Waals surface area contributed by atoms with Gasteiger partial charge < -0.3 is 25.4 Å². The molecule has 1 rings (SSSR count). The first-order valence-electron chi connectivity index (χ1n) is 6.35. The molecule has 0 aliphatic carbocycles. The minimum absolute atomic E-state index is 0.0578. The number of likely N-dealkylation sites (N-methyl/N-ethyl adjacent to an activating group) is 1. The Labute approximate surface area is 109 Å². The second-order valence-corrected chi connectivity index (χ2v) is 5.41. The van der Waals surface area contributed by atoms with Crippen molar-refractivity contribution in [1.82, 2.24) is 15.5 Å². The first-order valence-corrected chi connectivity index (χ1v) is 6.35. The zero-order valence-electron chi connectivity index (χ0n) is 11.5. The molecule has 3 N–H and O–H groups in total. The van der Waals surface area contributed by atoms with Gasteiger partial charge in [-0.25, -0.2) is 0 Å². The summed E-state index contributed by atoms with van der Waals surface area (Å²) < 4.78 is 5.45. The molecule has 0 saturated carbocycles. The number of hydrogen-bond acceptors (Lipinski definition) is 5. The molecule has 1 aliphatic heterocycles. The van der Waals surface area contributed by atoms with Crippen LogP contribution in [0.4, 0.5) is 0 Å². The van der Waals surface area contributed by atoms with Gasteiger partial charge in [-0.2, -0.15) is 0 Å². The summed E-state index contributed by atoms with van der Waals surface area (Å²) in [6.07, 6.45) is 0.281. The lowest BCUT2D eigenvalue weighted by molar-refractivity contribution is -0.125. The van der Waals surface area contributed by atoms with Crippen LogP contribution in [-0.2, 0) is 9.53 Å². The number of amides is 1. The SMILES string of the molecule is CN(C)CC(C)(O)CNC(=O)CC1CNCCO1. The summed E-state index contributed by atoms with van der Waals surface area (Å²) in [5.41, 5.74) is -0.912. The van der Waals surface area contributed by atoms with E-state index in [2.05, 4.69) is 10.6 Å². The van der Waals surface area contributed by atoms with Gasteiger partial charge >= 0.3 is 0 Å². The maximum Gasteiger partial charge on any atom is 0.222 e. The highest BCUT2D eigenvalue weighted by Gasteiger charge is 2.23. The van der Waals surface area contributed by atoms with Crippen molar-refractivity contribution < 1.29 is 14.6 Å². The molecule has 0 aromatic heterocycles. The van der Waals surface area contributed by atoms with Crippen molar-refractivity contribution in [2.45, 2.75) is 25.0 Å². The molecule has 1 fully saturated rings. The predicted molar refractivity (Wildman–Crippen MR) is 69.4 cm³/mol. The van der Waals surface area contributed by atoms with Crippen LogP contribution >= 0.6 is 0 Å². The fourth-order valence-corrected chi connectivity index (χ4v) is 2.06. The van der Waals surface area contributed by atoms with Crippen molar-refractivity contribution in [3.8, 4) is 0 Å². The molecule has 1 aliphatic rings. The van der Waals surface area contributed by atoms with Gasteiger partial charge in [-0.05, 0) is 21.0 Å². The molecule has 0 aromatic carbocycles. The Kier molecular flexibility index (Phi) is 6.01. The lowest BCUT2D eigenvalue weighted by Crippen LogP contribution is -2.48. The van der Waals surface area contributed by atoms with Crippen molar-refractivity contribution in [1.29, 1.82) is 0 Å². The third kappa shape index (κ3) is 6.30. The number of nitrogens with one attached hydrogen (secondary N) is 2. The third-order valence-electron chi connectivity index (χ3n) is 2.74. The topological polar surface area (TPSA) is 73.8 Å². The molecule has 0 radical (unpaired) electrons. The van der Waals surface area contributed by atoms with Crippen molar-refractivity contribution in [2.24, 2.45) is 0 Å². The largest absolute Gasteiger partial charge is 0.387 e. The van der Waals surface area contributed by atoms with Crippen molar-refractivity contribution in [3.63, 3.8) is 0 Å². The van der Waals surface area contributed by atoms with Gasteiger partial charge in [-0.3, -0.25) is 4.79 Å². The maximum absolute atomic E-state index is 11.7. The number of aliphatic hydroxyl groups is 1. The molecule has 1 amide bonds. The molecule has 0 bridgehead atoms. The standard InChI is InChI=1S/C12H25N3O3/c1-12(17,9-15(2)3)8-14-11(16)6-10-7-13-4-5-18-10/h10,13,17H,4-9H2,1-3H3,(H,14,16). The highest BCUT2D eigenvalue weighted by atomic mass is 16.5. The van der Waals surface area contributed by atoms with Crippen LogP contribution in [0.25, 0.3) is 0 Å². The van der Waals surface area contributed by atoms with Gasteiger partial charge in [0.25, 0.3) is 0 Å². The number of carbonyl (C=O) groups is 1. The van der Waals surface area contributed by atoms with E-state index in [1.165, 1.54) is 0 Å². The molecule has 2 unspecified atom stereocenters. The summed E-state index contributed by atoms with van der Waals surface area (Å²) in [6.45, 7) is 4.68. The molecule has 0 spiro atoms. The molecule has 1 saturated heterocycles. The Hall–Kier alpha value is -0.690. The van der Waals surface area contributed by atoms with Gasteiger partial charge in [0.15, 0.2) is 0 Å².